The molecule has 0 bridgehead atoms. The van der Waals surface area contributed by atoms with Gasteiger partial charge in [-0.05, 0) is 83.5 Å². The number of allylic oxidation sites excluding steroid dienone is 8. The van der Waals surface area contributed by atoms with Crippen molar-refractivity contribution < 1.29 is 19.4 Å². The normalized spacial score (nSPS) is 12.8. The molecule has 0 aliphatic heterocycles. The molecule has 0 aliphatic carbocycles. The van der Waals surface area contributed by atoms with E-state index in [4.69, 9.17) is 9.84 Å². The zero-order valence-corrected chi connectivity index (χ0v) is 29.7. The van der Waals surface area contributed by atoms with Gasteiger partial charge in [-0.1, -0.05) is 146 Å². The highest BCUT2D eigenvalue weighted by Crippen LogP contribution is 2.18. The van der Waals surface area contributed by atoms with Crippen LogP contribution < -0.4 is 0 Å². The fraction of sp³-hybridized carbons (Fsp3) is 0.756. The molecule has 4 heteroatoms. The first-order valence-electron chi connectivity index (χ1n) is 19.1. The summed E-state index contributed by atoms with van der Waals surface area (Å²) in [4.78, 5) is 23.2. The van der Waals surface area contributed by atoms with Crippen molar-refractivity contribution in [3.8, 4) is 0 Å². The van der Waals surface area contributed by atoms with Gasteiger partial charge in [-0.25, -0.2) is 0 Å². The largest absolute Gasteiger partial charge is 0.481 e. The summed E-state index contributed by atoms with van der Waals surface area (Å²) in [5, 5.41) is 8.75. The van der Waals surface area contributed by atoms with Crippen molar-refractivity contribution in [3.05, 3.63) is 48.6 Å². The van der Waals surface area contributed by atoms with E-state index in [1.165, 1.54) is 70.6 Å². The monoisotopic (exact) mass is 629 g/mol. The molecule has 0 radical (unpaired) electrons. The number of rotatable bonds is 34. The van der Waals surface area contributed by atoms with Gasteiger partial charge < -0.3 is 9.84 Å². The summed E-state index contributed by atoms with van der Waals surface area (Å²) in [7, 11) is 0. The Hall–Kier alpha value is -2.10. The van der Waals surface area contributed by atoms with Crippen LogP contribution in [0.2, 0.25) is 0 Å². The average molecular weight is 629 g/mol. The van der Waals surface area contributed by atoms with Crippen LogP contribution >= 0.6 is 0 Å². The molecule has 0 aliphatic rings. The predicted octanol–water partition coefficient (Wildman–Crippen LogP) is 13.2. The summed E-state index contributed by atoms with van der Waals surface area (Å²) in [5.74, 6) is -0.708. The summed E-state index contributed by atoms with van der Waals surface area (Å²) < 4.78 is 5.95. The molecule has 0 heterocycles. The highest BCUT2D eigenvalue weighted by molar-refractivity contribution is 5.69. The second-order valence-electron chi connectivity index (χ2n) is 12.8. The van der Waals surface area contributed by atoms with Crippen LogP contribution in [0.1, 0.15) is 194 Å². The Kier molecular flexibility index (Phi) is 34.7. The zero-order chi connectivity index (χ0) is 32.9. The summed E-state index contributed by atoms with van der Waals surface area (Å²) in [5.41, 5.74) is 0. The number of carbonyl (C=O) groups is 2. The van der Waals surface area contributed by atoms with Crippen LogP contribution in [0.25, 0.3) is 0 Å². The molecule has 0 spiro atoms. The van der Waals surface area contributed by atoms with E-state index in [1.54, 1.807) is 0 Å². The fourth-order valence-corrected chi connectivity index (χ4v) is 5.46. The van der Waals surface area contributed by atoms with Crippen LogP contribution in [0, 0.1) is 0 Å². The second-order valence-corrected chi connectivity index (χ2v) is 12.8. The molecular formula is C41H72O4. The van der Waals surface area contributed by atoms with E-state index in [2.05, 4.69) is 62.5 Å². The first-order chi connectivity index (χ1) is 22.1. The third-order valence-electron chi connectivity index (χ3n) is 8.30. The van der Waals surface area contributed by atoms with Gasteiger partial charge in [0.1, 0.15) is 6.10 Å². The van der Waals surface area contributed by atoms with Crippen LogP contribution in [-0.4, -0.2) is 23.1 Å². The SMILES string of the molecule is CCCCC/C=C\C/C=C\C/C=C\C/C=C\CCCCCCCC(=O)OC(CCCCCCC)CCCCCCCCC(=O)O. The van der Waals surface area contributed by atoms with Gasteiger partial charge in [-0.15, -0.1) is 0 Å². The molecule has 0 amide bonds. The smallest absolute Gasteiger partial charge is 0.306 e. The Morgan fingerprint density at radius 2 is 0.867 bits per heavy atom. The first-order valence-corrected chi connectivity index (χ1v) is 19.1. The van der Waals surface area contributed by atoms with E-state index in [-0.39, 0.29) is 18.5 Å². The van der Waals surface area contributed by atoms with Gasteiger partial charge in [0.15, 0.2) is 0 Å². The van der Waals surface area contributed by atoms with Crippen LogP contribution in [0.15, 0.2) is 48.6 Å². The van der Waals surface area contributed by atoms with Gasteiger partial charge in [0.05, 0.1) is 0 Å². The molecule has 0 fully saturated rings. The molecular weight excluding hydrogens is 556 g/mol. The summed E-state index contributed by atoms with van der Waals surface area (Å²) in [6, 6.07) is 0. The number of ether oxygens (including phenoxy) is 1. The lowest BCUT2D eigenvalue weighted by Crippen LogP contribution is -2.18. The first kappa shape index (κ1) is 42.9. The Bertz CT molecular complexity index is 763. The highest BCUT2D eigenvalue weighted by atomic mass is 16.5. The van der Waals surface area contributed by atoms with Crippen molar-refractivity contribution in [2.45, 2.75) is 200 Å². The van der Waals surface area contributed by atoms with Gasteiger partial charge in [-0.3, -0.25) is 9.59 Å². The molecule has 0 saturated carbocycles. The summed E-state index contributed by atoms with van der Waals surface area (Å²) >= 11 is 0. The van der Waals surface area contributed by atoms with E-state index in [1.807, 2.05) is 0 Å². The molecule has 0 aromatic carbocycles. The van der Waals surface area contributed by atoms with E-state index < -0.39 is 5.97 Å². The minimum Gasteiger partial charge on any atom is -0.481 e. The Morgan fingerprint density at radius 1 is 0.489 bits per heavy atom. The molecule has 45 heavy (non-hydrogen) atoms. The maximum Gasteiger partial charge on any atom is 0.306 e. The quantitative estimate of drug-likeness (QED) is 0.0437. The topological polar surface area (TPSA) is 63.6 Å². The summed E-state index contributed by atoms with van der Waals surface area (Å²) in [6.07, 6.45) is 48.5. The Balaban J connectivity index is 3.88. The molecule has 1 atom stereocenters. The molecule has 0 aromatic rings. The van der Waals surface area contributed by atoms with Crippen molar-refractivity contribution in [1.29, 1.82) is 0 Å². The number of esters is 1. The number of carboxylic acid groups (broad SMARTS) is 1. The third kappa shape index (κ3) is 36.2. The van der Waals surface area contributed by atoms with E-state index in [0.29, 0.717) is 6.42 Å². The summed E-state index contributed by atoms with van der Waals surface area (Å²) in [6.45, 7) is 4.48. The molecule has 0 saturated heterocycles. The number of hydrogen-bond donors (Lipinski definition) is 1. The van der Waals surface area contributed by atoms with Crippen molar-refractivity contribution in [2.24, 2.45) is 0 Å². The lowest BCUT2D eigenvalue weighted by molar-refractivity contribution is -0.150. The maximum absolute atomic E-state index is 12.6. The second kappa shape index (κ2) is 36.4. The van der Waals surface area contributed by atoms with Crippen LogP contribution in [0.5, 0.6) is 0 Å². The lowest BCUT2D eigenvalue weighted by atomic mass is 10.0. The Morgan fingerprint density at radius 3 is 1.38 bits per heavy atom. The van der Waals surface area contributed by atoms with E-state index in [0.717, 1.165) is 96.3 Å². The Labute approximate surface area is 279 Å². The van der Waals surface area contributed by atoms with Gasteiger partial charge in [0, 0.05) is 12.8 Å². The number of hydrogen-bond acceptors (Lipinski definition) is 3. The van der Waals surface area contributed by atoms with Crippen LogP contribution in [0.3, 0.4) is 0 Å². The standard InChI is InChI=1S/C41H72O4/c1-3-5-7-9-10-11-12-13-14-15-16-17-18-19-20-21-22-23-24-30-34-38-41(44)45-39(35-31-27-8-6-4-2)36-32-28-25-26-29-33-37-40(42)43/h10-11,13-14,16-17,19-20,39H,3-9,12,15,18,21-38H2,1-2H3,(H,42,43)/b11-10-,14-13-,17-16-,20-19-. The van der Waals surface area contributed by atoms with Gasteiger partial charge >= 0.3 is 11.9 Å². The number of unbranched alkanes of at least 4 members (excludes halogenated alkanes) is 17. The molecule has 1 N–H and O–H groups in total. The number of aliphatic carboxylic acids is 1. The highest BCUT2D eigenvalue weighted by Gasteiger charge is 2.14. The third-order valence-corrected chi connectivity index (χ3v) is 8.30. The number of carboxylic acids is 1. The van der Waals surface area contributed by atoms with Crippen molar-refractivity contribution in [3.63, 3.8) is 0 Å². The molecule has 1 unspecified atom stereocenters. The maximum atomic E-state index is 12.6. The molecule has 260 valence electrons. The zero-order valence-electron chi connectivity index (χ0n) is 29.7. The van der Waals surface area contributed by atoms with E-state index >= 15 is 0 Å². The van der Waals surface area contributed by atoms with Crippen LogP contribution in [0.4, 0.5) is 0 Å². The average Bonchev–Trinajstić information content (AvgIpc) is 3.02. The number of carbonyl (C=O) groups excluding carboxylic acids is 1. The predicted molar refractivity (Wildman–Crippen MR) is 195 cm³/mol. The lowest BCUT2D eigenvalue weighted by Gasteiger charge is -2.18. The van der Waals surface area contributed by atoms with Crippen molar-refractivity contribution in [2.75, 3.05) is 0 Å². The molecule has 4 nitrogen and oxygen atoms in total. The minimum atomic E-state index is -0.697. The minimum absolute atomic E-state index is 0.0108. The molecule has 0 aromatic heterocycles. The van der Waals surface area contributed by atoms with Crippen molar-refractivity contribution >= 4 is 11.9 Å². The molecule has 0 rings (SSSR count). The van der Waals surface area contributed by atoms with Crippen molar-refractivity contribution in [1.82, 2.24) is 0 Å². The van der Waals surface area contributed by atoms with Crippen LogP contribution in [-0.2, 0) is 14.3 Å². The fourth-order valence-electron chi connectivity index (χ4n) is 5.46. The van der Waals surface area contributed by atoms with Gasteiger partial charge in [-0.2, -0.15) is 0 Å². The van der Waals surface area contributed by atoms with Gasteiger partial charge in [0.2, 0.25) is 0 Å². The van der Waals surface area contributed by atoms with E-state index in [9.17, 15) is 9.59 Å². The van der Waals surface area contributed by atoms with Gasteiger partial charge in [0.25, 0.3) is 0 Å².